The maximum Gasteiger partial charge on any atom is 0.376 e. The fourth-order valence-electron chi connectivity index (χ4n) is 1.07. The molecule has 0 bridgehead atoms. The number of aromatic nitrogens is 3. The summed E-state index contributed by atoms with van der Waals surface area (Å²) in [6.45, 7) is 0. The molecule has 2 rings (SSSR count). The van der Waals surface area contributed by atoms with E-state index in [1.54, 1.807) is 12.4 Å². The van der Waals surface area contributed by atoms with Crippen molar-refractivity contribution in [3.8, 4) is 0 Å². The third-order valence-corrected chi connectivity index (χ3v) is 2.41. The van der Waals surface area contributed by atoms with Crippen LogP contribution in [0.15, 0.2) is 16.9 Å². The highest BCUT2D eigenvalue weighted by atomic mass is 79.9. The first-order valence-electron chi connectivity index (χ1n) is 3.80. The van der Waals surface area contributed by atoms with Crippen LogP contribution in [-0.2, 0) is 4.74 Å². The number of H-pyrrole nitrogens is 1. The molecule has 0 aliphatic carbocycles. The van der Waals surface area contributed by atoms with Crippen LogP contribution in [-0.4, -0.2) is 28.0 Å². The fourth-order valence-corrected chi connectivity index (χ4v) is 1.47. The number of hydrogen-bond acceptors (Lipinski definition) is 4. The standard InChI is InChI=1S/C8H6BrN3O2/c1-14-8(13)7-10-2-4-5(9)3-11-6(4)12-7/h2-3H,1H3,(H,10,11,12). The lowest BCUT2D eigenvalue weighted by atomic mass is 10.4. The third-order valence-electron chi connectivity index (χ3n) is 1.75. The van der Waals surface area contributed by atoms with Gasteiger partial charge in [-0.05, 0) is 15.9 Å². The van der Waals surface area contributed by atoms with Gasteiger partial charge in [0.25, 0.3) is 0 Å². The molecule has 0 spiro atoms. The fraction of sp³-hybridized carbons (Fsp3) is 0.125. The Morgan fingerprint density at radius 1 is 1.64 bits per heavy atom. The second-order valence-corrected chi connectivity index (χ2v) is 3.44. The van der Waals surface area contributed by atoms with Crippen molar-refractivity contribution in [2.45, 2.75) is 0 Å². The highest BCUT2D eigenvalue weighted by Crippen LogP contribution is 2.20. The molecule has 2 aromatic rings. The number of rotatable bonds is 1. The molecule has 0 amide bonds. The van der Waals surface area contributed by atoms with E-state index in [-0.39, 0.29) is 5.82 Å². The minimum absolute atomic E-state index is 0.0503. The van der Waals surface area contributed by atoms with Crippen molar-refractivity contribution in [2.75, 3.05) is 7.11 Å². The summed E-state index contributed by atoms with van der Waals surface area (Å²) in [5, 5.41) is 0.831. The minimum atomic E-state index is -0.544. The van der Waals surface area contributed by atoms with Crippen molar-refractivity contribution in [3.63, 3.8) is 0 Å². The minimum Gasteiger partial charge on any atom is -0.463 e. The van der Waals surface area contributed by atoms with Crippen LogP contribution in [0.3, 0.4) is 0 Å². The Balaban J connectivity index is 2.57. The zero-order chi connectivity index (χ0) is 10.1. The van der Waals surface area contributed by atoms with Crippen LogP contribution in [0.5, 0.6) is 0 Å². The molecule has 0 aliphatic rings. The number of methoxy groups -OCH3 is 1. The number of carbonyl (C=O) groups is 1. The highest BCUT2D eigenvalue weighted by Gasteiger charge is 2.11. The largest absolute Gasteiger partial charge is 0.463 e. The van der Waals surface area contributed by atoms with Gasteiger partial charge in [-0.15, -0.1) is 0 Å². The summed E-state index contributed by atoms with van der Waals surface area (Å²) in [5.41, 5.74) is 0.604. The SMILES string of the molecule is COC(=O)c1ncc2c(Br)c[nH]c2n1. The lowest BCUT2D eigenvalue weighted by Crippen LogP contribution is -2.06. The second-order valence-electron chi connectivity index (χ2n) is 2.58. The van der Waals surface area contributed by atoms with Gasteiger partial charge in [0, 0.05) is 16.9 Å². The van der Waals surface area contributed by atoms with E-state index >= 15 is 0 Å². The monoisotopic (exact) mass is 255 g/mol. The summed E-state index contributed by atoms with van der Waals surface area (Å²) in [6.07, 6.45) is 3.30. The smallest absolute Gasteiger partial charge is 0.376 e. The maximum absolute atomic E-state index is 11.1. The van der Waals surface area contributed by atoms with E-state index in [0.29, 0.717) is 5.65 Å². The van der Waals surface area contributed by atoms with Gasteiger partial charge in [0.1, 0.15) is 5.65 Å². The van der Waals surface area contributed by atoms with E-state index in [4.69, 9.17) is 0 Å². The lowest BCUT2D eigenvalue weighted by Gasteiger charge is -1.96. The van der Waals surface area contributed by atoms with Crippen molar-refractivity contribution in [1.29, 1.82) is 0 Å². The summed E-state index contributed by atoms with van der Waals surface area (Å²) >= 11 is 3.32. The Hall–Kier alpha value is -1.43. The second kappa shape index (κ2) is 3.38. The van der Waals surface area contributed by atoms with Gasteiger partial charge in [-0.1, -0.05) is 0 Å². The Morgan fingerprint density at radius 3 is 3.14 bits per heavy atom. The van der Waals surface area contributed by atoms with Crippen LogP contribution in [0.1, 0.15) is 10.6 Å². The average molecular weight is 256 g/mol. The Morgan fingerprint density at radius 2 is 2.43 bits per heavy atom. The molecule has 6 heteroatoms. The molecule has 0 fully saturated rings. The molecule has 0 aliphatic heterocycles. The predicted octanol–water partition coefficient (Wildman–Crippen LogP) is 1.51. The number of nitrogens with zero attached hydrogens (tertiary/aromatic N) is 2. The molecular weight excluding hydrogens is 250 g/mol. The van der Waals surface area contributed by atoms with Gasteiger partial charge in [0.2, 0.25) is 5.82 Å². The Kier molecular flexibility index (Phi) is 2.20. The van der Waals surface area contributed by atoms with Crippen LogP contribution >= 0.6 is 15.9 Å². The van der Waals surface area contributed by atoms with Crippen molar-refractivity contribution < 1.29 is 9.53 Å². The van der Waals surface area contributed by atoms with Gasteiger partial charge in [-0.2, -0.15) is 0 Å². The zero-order valence-electron chi connectivity index (χ0n) is 7.24. The first-order valence-corrected chi connectivity index (χ1v) is 4.59. The van der Waals surface area contributed by atoms with Crippen molar-refractivity contribution in [3.05, 3.63) is 22.7 Å². The number of hydrogen-bond donors (Lipinski definition) is 1. The third kappa shape index (κ3) is 1.37. The molecule has 0 aromatic carbocycles. The van der Waals surface area contributed by atoms with Crippen LogP contribution in [0.4, 0.5) is 0 Å². The number of fused-ring (bicyclic) bond motifs is 1. The van der Waals surface area contributed by atoms with Crippen LogP contribution < -0.4 is 0 Å². The van der Waals surface area contributed by atoms with Gasteiger partial charge >= 0.3 is 5.97 Å². The molecule has 5 nitrogen and oxygen atoms in total. The summed E-state index contributed by atoms with van der Waals surface area (Å²) in [5.74, 6) is -0.494. The molecule has 2 heterocycles. The molecule has 14 heavy (non-hydrogen) atoms. The summed E-state index contributed by atoms with van der Waals surface area (Å²) in [4.78, 5) is 21.9. The number of aromatic amines is 1. The van der Waals surface area contributed by atoms with E-state index in [9.17, 15) is 4.79 Å². The zero-order valence-corrected chi connectivity index (χ0v) is 8.83. The molecule has 0 unspecified atom stereocenters. The number of halogens is 1. The van der Waals surface area contributed by atoms with Gasteiger partial charge in [-0.3, -0.25) is 0 Å². The van der Waals surface area contributed by atoms with Gasteiger partial charge < -0.3 is 9.72 Å². The van der Waals surface area contributed by atoms with E-state index in [1.165, 1.54) is 7.11 Å². The molecule has 0 saturated carbocycles. The molecule has 0 atom stereocenters. The molecule has 72 valence electrons. The van der Waals surface area contributed by atoms with Crippen LogP contribution in [0.25, 0.3) is 11.0 Å². The molecule has 0 saturated heterocycles. The number of esters is 1. The van der Waals surface area contributed by atoms with Crippen LogP contribution in [0, 0.1) is 0 Å². The average Bonchev–Trinajstić information content (AvgIpc) is 2.59. The summed E-state index contributed by atoms with van der Waals surface area (Å²) < 4.78 is 5.37. The predicted molar refractivity (Wildman–Crippen MR) is 52.9 cm³/mol. The topological polar surface area (TPSA) is 67.9 Å². The normalized spacial score (nSPS) is 10.4. The maximum atomic E-state index is 11.1. The van der Waals surface area contributed by atoms with Gasteiger partial charge in [0.05, 0.1) is 12.5 Å². The van der Waals surface area contributed by atoms with E-state index in [0.717, 1.165) is 9.86 Å². The summed E-state index contributed by atoms with van der Waals surface area (Å²) in [7, 11) is 1.29. The van der Waals surface area contributed by atoms with Crippen molar-refractivity contribution in [2.24, 2.45) is 0 Å². The van der Waals surface area contributed by atoms with E-state index in [2.05, 4.69) is 35.6 Å². The number of carbonyl (C=O) groups excluding carboxylic acids is 1. The molecule has 1 N–H and O–H groups in total. The van der Waals surface area contributed by atoms with E-state index < -0.39 is 5.97 Å². The number of nitrogens with one attached hydrogen (secondary N) is 1. The lowest BCUT2D eigenvalue weighted by molar-refractivity contribution is 0.0587. The van der Waals surface area contributed by atoms with Gasteiger partial charge in [-0.25, -0.2) is 14.8 Å². The first-order chi connectivity index (χ1) is 6.72. The quantitative estimate of drug-likeness (QED) is 0.785. The van der Waals surface area contributed by atoms with Crippen LogP contribution in [0.2, 0.25) is 0 Å². The van der Waals surface area contributed by atoms with E-state index in [1.807, 2.05) is 0 Å². The molecular formula is C8H6BrN3O2. The molecule has 2 aromatic heterocycles. The van der Waals surface area contributed by atoms with Crippen molar-refractivity contribution in [1.82, 2.24) is 15.0 Å². The number of ether oxygens (including phenoxy) is 1. The highest BCUT2D eigenvalue weighted by molar-refractivity contribution is 9.10. The Bertz CT molecular complexity index is 494. The summed E-state index contributed by atoms with van der Waals surface area (Å²) in [6, 6.07) is 0. The molecule has 0 radical (unpaired) electrons. The van der Waals surface area contributed by atoms with Gasteiger partial charge in [0.15, 0.2) is 0 Å². The Labute approximate surface area is 87.6 Å². The van der Waals surface area contributed by atoms with Crippen molar-refractivity contribution >= 4 is 32.9 Å². The first kappa shape index (κ1) is 9.14.